The molecule has 3 aromatic rings. The highest BCUT2D eigenvalue weighted by Gasteiger charge is 2.39. The van der Waals surface area contributed by atoms with Crippen LogP contribution in [0.4, 0.5) is 13.2 Å². The molecule has 1 aliphatic heterocycles. The molecule has 4 rings (SSSR count). The molecule has 0 aliphatic carbocycles. The lowest BCUT2D eigenvalue weighted by molar-refractivity contribution is -0.137. The summed E-state index contributed by atoms with van der Waals surface area (Å²) in [7, 11) is 1.87. The Kier molecular flexibility index (Phi) is 4.58. The minimum absolute atomic E-state index is 0.210. The van der Waals surface area contributed by atoms with Gasteiger partial charge < -0.3 is 14.8 Å². The summed E-state index contributed by atoms with van der Waals surface area (Å²) >= 11 is 5.43. The Morgan fingerprint density at radius 3 is 2.61 bits per heavy atom. The van der Waals surface area contributed by atoms with Crippen molar-refractivity contribution in [1.29, 1.82) is 0 Å². The molecule has 0 saturated carbocycles. The molecule has 0 spiro atoms. The maximum Gasteiger partial charge on any atom is 0.416 e. The predicted octanol–water partition coefficient (Wildman–Crippen LogP) is 4.49. The molecular weight excluding hydrogens is 385 g/mol. The number of alkyl halides is 3. The van der Waals surface area contributed by atoms with E-state index >= 15 is 0 Å². The smallest absolute Gasteiger partial charge is 0.352 e. The van der Waals surface area contributed by atoms with Crippen LogP contribution in [-0.4, -0.2) is 26.6 Å². The van der Waals surface area contributed by atoms with E-state index in [4.69, 9.17) is 12.2 Å². The molecule has 2 atom stereocenters. The summed E-state index contributed by atoms with van der Waals surface area (Å²) in [5.74, 6) is 0. The Morgan fingerprint density at radius 1 is 1.07 bits per heavy atom. The van der Waals surface area contributed by atoms with Crippen LogP contribution in [0.3, 0.4) is 0 Å². The summed E-state index contributed by atoms with van der Waals surface area (Å²) in [5, 5.41) is 3.84. The van der Waals surface area contributed by atoms with E-state index < -0.39 is 11.7 Å². The average molecular weight is 402 g/mol. The number of aromatic nitrogens is 2. The molecular formula is C20H17F3N4S. The molecule has 0 unspecified atom stereocenters. The first-order chi connectivity index (χ1) is 13.4. The van der Waals surface area contributed by atoms with Crippen molar-refractivity contribution in [1.82, 2.24) is 19.8 Å². The topological polar surface area (TPSA) is 33.1 Å². The second kappa shape index (κ2) is 6.94. The summed E-state index contributed by atoms with van der Waals surface area (Å²) in [6.07, 6.45) is -0.927. The molecule has 1 fully saturated rings. The third kappa shape index (κ3) is 3.24. The number of nitrogens with zero attached hydrogens (tertiary/aromatic N) is 3. The maximum absolute atomic E-state index is 13.2. The van der Waals surface area contributed by atoms with Crippen LogP contribution in [0.25, 0.3) is 5.69 Å². The van der Waals surface area contributed by atoms with E-state index in [0.717, 1.165) is 23.5 Å². The first-order valence-electron chi connectivity index (χ1n) is 8.65. The molecule has 1 N–H and O–H groups in total. The van der Waals surface area contributed by atoms with Gasteiger partial charge in [-0.3, -0.25) is 4.98 Å². The van der Waals surface area contributed by atoms with Crippen molar-refractivity contribution in [2.45, 2.75) is 18.3 Å². The second-order valence-electron chi connectivity index (χ2n) is 6.59. The van der Waals surface area contributed by atoms with Crippen molar-refractivity contribution in [2.24, 2.45) is 0 Å². The number of hydrogen-bond acceptors (Lipinski definition) is 2. The molecule has 8 heteroatoms. The molecule has 1 aromatic carbocycles. The Bertz CT molecular complexity index is 1000. The molecule has 0 bridgehead atoms. The molecule has 144 valence electrons. The number of rotatable bonds is 3. The Morgan fingerprint density at radius 2 is 1.89 bits per heavy atom. The highest BCUT2D eigenvalue weighted by molar-refractivity contribution is 7.80. The summed E-state index contributed by atoms with van der Waals surface area (Å²) in [5.41, 5.74) is 1.40. The fourth-order valence-electron chi connectivity index (χ4n) is 3.53. The number of hydrogen-bond donors (Lipinski definition) is 1. The van der Waals surface area contributed by atoms with Gasteiger partial charge in [0, 0.05) is 30.8 Å². The number of halogens is 3. The van der Waals surface area contributed by atoms with Crippen LogP contribution in [0.15, 0.2) is 67.0 Å². The summed E-state index contributed by atoms with van der Waals surface area (Å²) in [4.78, 5) is 6.34. The van der Waals surface area contributed by atoms with E-state index in [1.807, 2.05) is 42.3 Å². The van der Waals surface area contributed by atoms with Crippen LogP contribution in [0.1, 0.15) is 29.0 Å². The lowest BCUT2D eigenvalue weighted by Crippen LogP contribution is -2.26. The van der Waals surface area contributed by atoms with E-state index in [1.165, 1.54) is 6.07 Å². The van der Waals surface area contributed by atoms with Gasteiger partial charge in [0.1, 0.15) is 0 Å². The van der Waals surface area contributed by atoms with Crippen molar-refractivity contribution >= 4 is 17.3 Å². The molecule has 1 aliphatic rings. The zero-order chi connectivity index (χ0) is 19.9. The van der Waals surface area contributed by atoms with Gasteiger partial charge in [0.2, 0.25) is 0 Å². The highest BCUT2D eigenvalue weighted by atomic mass is 32.1. The second-order valence-corrected chi connectivity index (χ2v) is 6.98. The largest absolute Gasteiger partial charge is 0.416 e. The number of benzene rings is 1. The molecule has 3 heterocycles. The molecule has 2 aromatic heterocycles. The van der Waals surface area contributed by atoms with Crippen LogP contribution in [-0.2, 0) is 6.18 Å². The van der Waals surface area contributed by atoms with E-state index in [1.54, 1.807) is 23.0 Å². The van der Waals surface area contributed by atoms with Crippen LogP contribution < -0.4 is 5.32 Å². The average Bonchev–Trinajstić information content (AvgIpc) is 3.27. The quantitative estimate of drug-likeness (QED) is 0.655. The number of nitrogens with one attached hydrogen (secondary N) is 1. The first kappa shape index (κ1) is 18.5. The first-order valence-corrected chi connectivity index (χ1v) is 9.06. The zero-order valence-corrected chi connectivity index (χ0v) is 15.7. The van der Waals surface area contributed by atoms with E-state index in [-0.39, 0.29) is 12.1 Å². The molecule has 1 saturated heterocycles. The third-order valence-corrected chi connectivity index (χ3v) is 5.28. The fourth-order valence-corrected chi connectivity index (χ4v) is 3.77. The van der Waals surface area contributed by atoms with Gasteiger partial charge in [-0.1, -0.05) is 12.1 Å². The van der Waals surface area contributed by atoms with Crippen molar-refractivity contribution in [3.63, 3.8) is 0 Å². The third-order valence-electron chi connectivity index (χ3n) is 4.87. The lowest BCUT2D eigenvalue weighted by Gasteiger charge is -2.26. The van der Waals surface area contributed by atoms with Crippen molar-refractivity contribution < 1.29 is 13.2 Å². The number of thiocarbonyl (C=S) groups is 1. The minimum atomic E-state index is -4.40. The van der Waals surface area contributed by atoms with Gasteiger partial charge in [-0.25, -0.2) is 0 Å². The molecule has 0 radical (unpaired) electrons. The Balaban J connectivity index is 1.79. The van der Waals surface area contributed by atoms with Crippen molar-refractivity contribution in [3.05, 3.63) is 83.9 Å². The molecule has 28 heavy (non-hydrogen) atoms. The van der Waals surface area contributed by atoms with Gasteiger partial charge in [0.25, 0.3) is 0 Å². The van der Waals surface area contributed by atoms with Gasteiger partial charge in [-0.05, 0) is 54.7 Å². The lowest BCUT2D eigenvalue weighted by atomic mass is 10.0. The number of pyridine rings is 1. The Hall–Kier alpha value is -2.87. The fraction of sp³-hybridized carbons (Fsp3) is 0.200. The summed E-state index contributed by atoms with van der Waals surface area (Å²) in [6, 6.07) is 14.2. The summed E-state index contributed by atoms with van der Waals surface area (Å²) < 4.78 is 41.2. The maximum atomic E-state index is 13.2. The monoisotopic (exact) mass is 402 g/mol. The van der Waals surface area contributed by atoms with E-state index in [0.29, 0.717) is 10.8 Å². The highest BCUT2D eigenvalue weighted by Crippen LogP contribution is 2.39. The molecule has 4 nitrogen and oxygen atoms in total. The predicted molar refractivity (Wildman–Crippen MR) is 104 cm³/mol. The number of likely N-dealkylation sites (N-methyl/N-ethyl adjacent to an activating group) is 1. The van der Waals surface area contributed by atoms with Crippen LogP contribution in [0, 0.1) is 0 Å². The minimum Gasteiger partial charge on any atom is -0.352 e. The zero-order valence-electron chi connectivity index (χ0n) is 14.9. The van der Waals surface area contributed by atoms with Crippen LogP contribution >= 0.6 is 12.2 Å². The van der Waals surface area contributed by atoms with E-state index in [9.17, 15) is 13.2 Å². The van der Waals surface area contributed by atoms with Crippen molar-refractivity contribution in [3.8, 4) is 5.69 Å². The van der Waals surface area contributed by atoms with Crippen molar-refractivity contribution in [2.75, 3.05) is 7.05 Å². The SMILES string of the molecule is CN1C(=S)N[C@@H](c2ccccn2)[C@@H]1c1cccn1-c1cccc(C(F)(F)F)c1. The normalized spacial score (nSPS) is 19.7. The van der Waals surface area contributed by atoms with Gasteiger partial charge in [-0.2, -0.15) is 13.2 Å². The van der Waals surface area contributed by atoms with E-state index in [2.05, 4.69) is 10.3 Å². The van der Waals surface area contributed by atoms with Crippen LogP contribution in [0.2, 0.25) is 0 Å². The van der Waals surface area contributed by atoms with Gasteiger partial charge in [-0.15, -0.1) is 0 Å². The van der Waals surface area contributed by atoms with Gasteiger partial charge in [0.05, 0.1) is 23.3 Å². The Labute approximate surface area is 165 Å². The van der Waals surface area contributed by atoms with Gasteiger partial charge >= 0.3 is 6.18 Å². The molecule has 0 amide bonds. The van der Waals surface area contributed by atoms with Gasteiger partial charge in [0.15, 0.2) is 5.11 Å². The van der Waals surface area contributed by atoms with Crippen LogP contribution in [0.5, 0.6) is 0 Å². The standard InChI is InChI=1S/C20H17F3N4S/c1-26-18(17(25-19(26)28)15-8-2-3-10-24-15)16-9-5-11-27(16)14-7-4-6-13(12-14)20(21,22)23/h2-12,17-18H,1H3,(H,25,28)/t17-,18-/m0/s1. The summed E-state index contributed by atoms with van der Waals surface area (Å²) in [6.45, 7) is 0.